The maximum absolute atomic E-state index is 12.6. The molecule has 0 heterocycles. The first kappa shape index (κ1) is 22.5. The lowest BCUT2D eigenvalue weighted by atomic mass is 9.88. The number of methoxy groups -OCH3 is 2. The number of hydrogen-bond donors (Lipinski definition) is 1. The molecule has 9 heteroatoms. The quantitative estimate of drug-likeness (QED) is 0.379. The minimum atomic E-state index is -1.19. The zero-order valence-corrected chi connectivity index (χ0v) is 16.6. The molecule has 0 spiro atoms. The zero-order chi connectivity index (χ0) is 22.1. The molecular weight excluding hydrogens is 392 g/mol. The van der Waals surface area contributed by atoms with Gasteiger partial charge in [-0.1, -0.05) is 42.5 Å². The maximum atomic E-state index is 12.6. The van der Waals surface area contributed by atoms with Crippen molar-refractivity contribution >= 4 is 23.5 Å². The van der Waals surface area contributed by atoms with Crippen molar-refractivity contribution in [3.05, 3.63) is 75.8 Å². The number of nitrogens with zero attached hydrogens (tertiary/aromatic N) is 1. The second-order valence-corrected chi connectivity index (χ2v) is 6.47. The van der Waals surface area contributed by atoms with E-state index < -0.39 is 34.7 Å². The van der Waals surface area contributed by atoms with Gasteiger partial charge in [0, 0.05) is 18.1 Å². The Bertz CT molecular complexity index is 897. The summed E-state index contributed by atoms with van der Waals surface area (Å²) in [7, 11) is 2.38. The van der Waals surface area contributed by atoms with Gasteiger partial charge in [-0.05, 0) is 11.1 Å². The van der Waals surface area contributed by atoms with Crippen LogP contribution < -0.4 is 5.32 Å². The van der Waals surface area contributed by atoms with Gasteiger partial charge in [-0.25, -0.2) is 4.79 Å². The highest BCUT2D eigenvalue weighted by Gasteiger charge is 2.34. The summed E-state index contributed by atoms with van der Waals surface area (Å²) in [6.07, 6.45) is -0.209. The molecule has 1 N–H and O–H groups in total. The van der Waals surface area contributed by atoms with Gasteiger partial charge in [-0.3, -0.25) is 19.7 Å². The summed E-state index contributed by atoms with van der Waals surface area (Å²) in [5, 5.41) is 13.5. The van der Waals surface area contributed by atoms with E-state index in [1.54, 1.807) is 24.3 Å². The Morgan fingerprint density at radius 2 is 1.63 bits per heavy atom. The molecule has 0 aliphatic heterocycles. The fraction of sp³-hybridized carbons (Fsp3) is 0.286. The molecule has 0 aliphatic rings. The standard InChI is InChI=1S/C21H22N2O7/c1-29-19(25)13-17(15-8-10-16(11-9-15)23(27)28)20(21(26)30-2)22-18(24)12-14-6-4-3-5-7-14/h3-11,17,20H,12-13H2,1-2H3,(H,22,24)/t17-,20-/m0/s1. The number of nitrogens with one attached hydrogen (secondary N) is 1. The Balaban J connectivity index is 2.32. The minimum Gasteiger partial charge on any atom is -0.469 e. The first-order valence-corrected chi connectivity index (χ1v) is 9.08. The molecule has 0 aromatic heterocycles. The van der Waals surface area contributed by atoms with Crippen molar-refractivity contribution < 1.29 is 28.8 Å². The molecule has 0 aliphatic carbocycles. The number of non-ortho nitro benzene ring substituents is 1. The summed E-state index contributed by atoms with van der Waals surface area (Å²) in [5.74, 6) is -2.63. The van der Waals surface area contributed by atoms with Crippen molar-refractivity contribution in [3.8, 4) is 0 Å². The molecule has 0 saturated carbocycles. The molecule has 158 valence electrons. The molecule has 30 heavy (non-hydrogen) atoms. The van der Waals surface area contributed by atoms with E-state index in [1.807, 2.05) is 6.07 Å². The zero-order valence-electron chi connectivity index (χ0n) is 16.6. The largest absolute Gasteiger partial charge is 0.469 e. The van der Waals surface area contributed by atoms with E-state index in [1.165, 1.54) is 38.5 Å². The van der Waals surface area contributed by atoms with E-state index in [-0.39, 0.29) is 18.5 Å². The van der Waals surface area contributed by atoms with Crippen molar-refractivity contribution in [1.82, 2.24) is 5.32 Å². The van der Waals surface area contributed by atoms with Crippen molar-refractivity contribution in [2.45, 2.75) is 24.8 Å². The molecular formula is C21H22N2O7. The SMILES string of the molecule is COC(=O)C[C@@H](c1ccc([N+](=O)[O-])cc1)[C@H](NC(=O)Cc1ccccc1)C(=O)OC. The first-order valence-electron chi connectivity index (χ1n) is 9.08. The van der Waals surface area contributed by atoms with Crippen LogP contribution in [0.3, 0.4) is 0 Å². The number of carbonyl (C=O) groups is 3. The van der Waals surface area contributed by atoms with E-state index >= 15 is 0 Å². The smallest absolute Gasteiger partial charge is 0.329 e. The first-order chi connectivity index (χ1) is 14.3. The average molecular weight is 414 g/mol. The van der Waals surface area contributed by atoms with Crippen molar-refractivity contribution in [2.75, 3.05) is 14.2 Å². The Morgan fingerprint density at radius 1 is 1.00 bits per heavy atom. The Kier molecular flexibility index (Phi) is 8.04. The van der Waals surface area contributed by atoms with Gasteiger partial charge in [0.1, 0.15) is 6.04 Å². The lowest BCUT2D eigenvalue weighted by molar-refractivity contribution is -0.384. The molecule has 0 radical (unpaired) electrons. The molecule has 2 rings (SSSR count). The van der Waals surface area contributed by atoms with Crippen LogP contribution in [0.15, 0.2) is 54.6 Å². The molecule has 2 atom stereocenters. The van der Waals surface area contributed by atoms with Crippen molar-refractivity contribution in [3.63, 3.8) is 0 Å². The number of nitro groups is 1. The monoisotopic (exact) mass is 414 g/mol. The normalized spacial score (nSPS) is 12.3. The maximum Gasteiger partial charge on any atom is 0.329 e. The molecule has 1 amide bonds. The van der Waals surface area contributed by atoms with E-state index in [0.717, 1.165) is 5.56 Å². The van der Waals surface area contributed by atoms with Crippen LogP contribution in [-0.4, -0.2) is 43.0 Å². The van der Waals surface area contributed by atoms with Crippen LogP contribution in [0.1, 0.15) is 23.5 Å². The number of rotatable bonds is 9. The predicted molar refractivity (Wildman–Crippen MR) is 107 cm³/mol. The summed E-state index contributed by atoms with van der Waals surface area (Å²) in [6.45, 7) is 0. The molecule has 2 aromatic rings. The van der Waals surface area contributed by atoms with Crippen LogP contribution in [0.2, 0.25) is 0 Å². The van der Waals surface area contributed by atoms with Gasteiger partial charge in [0.25, 0.3) is 5.69 Å². The van der Waals surface area contributed by atoms with Crippen LogP contribution in [0.5, 0.6) is 0 Å². The van der Waals surface area contributed by atoms with Gasteiger partial charge in [0.2, 0.25) is 5.91 Å². The molecule has 0 unspecified atom stereocenters. The summed E-state index contributed by atoms with van der Waals surface area (Å²) in [4.78, 5) is 47.3. The third kappa shape index (κ3) is 6.13. The lowest BCUT2D eigenvalue weighted by Crippen LogP contribution is -2.46. The third-order valence-corrected chi connectivity index (χ3v) is 4.53. The van der Waals surface area contributed by atoms with Gasteiger partial charge in [-0.2, -0.15) is 0 Å². The van der Waals surface area contributed by atoms with Crippen LogP contribution in [0.4, 0.5) is 5.69 Å². The van der Waals surface area contributed by atoms with Crippen LogP contribution in [0, 0.1) is 10.1 Å². The molecule has 0 bridgehead atoms. The van der Waals surface area contributed by atoms with Gasteiger partial charge in [-0.15, -0.1) is 0 Å². The molecule has 0 fully saturated rings. The number of nitro benzene ring substituents is 1. The Hall–Kier alpha value is -3.75. The highest BCUT2D eigenvalue weighted by atomic mass is 16.6. The number of carbonyl (C=O) groups excluding carboxylic acids is 3. The van der Waals surface area contributed by atoms with Gasteiger partial charge in [0.05, 0.1) is 32.0 Å². The van der Waals surface area contributed by atoms with Gasteiger partial charge >= 0.3 is 11.9 Å². The molecule has 0 saturated heterocycles. The highest BCUT2D eigenvalue weighted by Crippen LogP contribution is 2.27. The summed E-state index contributed by atoms with van der Waals surface area (Å²) >= 11 is 0. The van der Waals surface area contributed by atoms with Gasteiger partial charge < -0.3 is 14.8 Å². The number of amides is 1. The molecule has 2 aromatic carbocycles. The van der Waals surface area contributed by atoms with Crippen molar-refractivity contribution in [1.29, 1.82) is 0 Å². The minimum absolute atomic E-state index is 0.0273. The fourth-order valence-electron chi connectivity index (χ4n) is 2.99. The second-order valence-electron chi connectivity index (χ2n) is 6.47. The summed E-state index contributed by atoms with van der Waals surface area (Å²) in [5.41, 5.74) is 1.05. The topological polar surface area (TPSA) is 125 Å². The highest BCUT2D eigenvalue weighted by molar-refractivity contribution is 5.87. The predicted octanol–water partition coefficient (Wildman–Crippen LogP) is 2.14. The van der Waals surface area contributed by atoms with Crippen LogP contribution >= 0.6 is 0 Å². The van der Waals surface area contributed by atoms with Gasteiger partial charge in [0.15, 0.2) is 0 Å². The van der Waals surface area contributed by atoms with E-state index in [9.17, 15) is 24.5 Å². The van der Waals surface area contributed by atoms with E-state index in [4.69, 9.17) is 9.47 Å². The number of ether oxygens (including phenoxy) is 2. The summed E-state index contributed by atoms with van der Waals surface area (Å²) in [6, 6.07) is 13.2. The average Bonchev–Trinajstić information content (AvgIpc) is 2.76. The molecule has 9 nitrogen and oxygen atoms in total. The fourth-order valence-corrected chi connectivity index (χ4v) is 2.99. The van der Waals surface area contributed by atoms with Crippen LogP contribution in [-0.2, 0) is 30.3 Å². The van der Waals surface area contributed by atoms with Crippen molar-refractivity contribution in [2.24, 2.45) is 0 Å². The lowest BCUT2D eigenvalue weighted by Gasteiger charge is -2.26. The van der Waals surface area contributed by atoms with E-state index in [2.05, 4.69) is 5.32 Å². The third-order valence-electron chi connectivity index (χ3n) is 4.53. The second kappa shape index (κ2) is 10.7. The van der Waals surface area contributed by atoms with Crippen LogP contribution in [0.25, 0.3) is 0 Å². The van der Waals surface area contributed by atoms with E-state index in [0.29, 0.717) is 5.56 Å². The Morgan fingerprint density at radius 3 is 2.17 bits per heavy atom. The summed E-state index contributed by atoms with van der Waals surface area (Å²) < 4.78 is 9.55. The number of benzene rings is 2. The number of hydrogen-bond acceptors (Lipinski definition) is 7. The number of esters is 2. The Labute approximate surface area is 173 Å².